The van der Waals surface area contributed by atoms with Crippen molar-refractivity contribution in [3.8, 4) is 0 Å². The second kappa shape index (κ2) is 5.81. The lowest BCUT2D eigenvalue weighted by Crippen LogP contribution is -2.26. The number of carbonyl (C=O) groups is 1. The van der Waals surface area contributed by atoms with Crippen molar-refractivity contribution < 1.29 is 14.3 Å². The smallest absolute Gasteiger partial charge is 0.225 e. The molecule has 0 aromatic rings. The Hall–Kier alpha value is -0.830. The standard InChI is InChI=1S/C11H18O3/c1-3-6-9(13-4-2)11(12)10-7-5-8-14-10/h7,9H,3-6,8H2,1-2H3. The molecule has 0 spiro atoms. The van der Waals surface area contributed by atoms with Crippen molar-refractivity contribution in [2.75, 3.05) is 13.2 Å². The van der Waals surface area contributed by atoms with Crippen LogP contribution in [0.2, 0.25) is 0 Å². The molecule has 3 heteroatoms. The molecule has 0 fully saturated rings. The molecule has 0 aliphatic carbocycles. The summed E-state index contributed by atoms with van der Waals surface area (Å²) < 4.78 is 10.6. The van der Waals surface area contributed by atoms with Gasteiger partial charge in [0.15, 0.2) is 5.76 Å². The highest BCUT2D eigenvalue weighted by atomic mass is 16.5. The van der Waals surface area contributed by atoms with E-state index in [4.69, 9.17) is 9.47 Å². The number of ketones is 1. The average Bonchev–Trinajstić information content (AvgIpc) is 2.69. The Morgan fingerprint density at radius 3 is 2.93 bits per heavy atom. The Kier molecular flexibility index (Phi) is 4.66. The van der Waals surface area contributed by atoms with Gasteiger partial charge in [0.25, 0.3) is 0 Å². The number of Topliss-reactive ketones (excluding diaryl/α,β-unsaturated/α-hetero) is 1. The summed E-state index contributed by atoms with van der Waals surface area (Å²) in [7, 11) is 0. The van der Waals surface area contributed by atoms with Gasteiger partial charge in [-0.3, -0.25) is 4.79 Å². The second-order valence-corrected chi connectivity index (χ2v) is 3.30. The maximum Gasteiger partial charge on any atom is 0.225 e. The van der Waals surface area contributed by atoms with E-state index in [0.29, 0.717) is 19.0 Å². The van der Waals surface area contributed by atoms with E-state index < -0.39 is 0 Å². The van der Waals surface area contributed by atoms with Gasteiger partial charge in [0.1, 0.15) is 6.10 Å². The lowest BCUT2D eigenvalue weighted by atomic mass is 10.1. The van der Waals surface area contributed by atoms with Crippen molar-refractivity contribution in [1.82, 2.24) is 0 Å². The molecule has 3 nitrogen and oxygen atoms in total. The fourth-order valence-corrected chi connectivity index (χ4v) is 1.50. The summed E-state index contributed by atoms with van der Waals surface area (Å²) >= 11 is 0. The van der Waals surface area contributed by atoms with Crippen LogP contribution in [0.4, 0.5) is 0 Å². The van der Waals surface area contributed by atoms with Gasteiger partial charge in [-0.2, -0.15) is 0 Å². The van der Waals surface area contributed by atoms with Crippen LogP contribution in [0.3, 0.4) is 0 Å². The van der Waals surface area contributed by atoms with E-state index in [-0.39, 0.29) is 11.9 Å². The van der Waals surface area contributed by atoms with Crippen molar-refractivity contribution in [3.05, 3.63) is 11.8 Å². The lowest BCUT2D eigenvalue weighted by Gasteiger charge is -2.15. The zero-order valence-corrected chi connectivity index (χ0v) is 8.91. The molecule has 1 rings (SSSR count). The molecule has 0 saturated heterocycles. The summed E-state index contributed by atoms with van der Waals surface area (Å²) in [5.74, 6) is 0.503. The predicted octanol–water partition coefficient (Wildman–Crippen LogP) is 2.06. The van der Waals surface area contributed by atoms with Crippen LogP contribution in [0.25, 0.3) is 0 Å². The van der Waals surface area contributed by atoms with Gasteiger partial charge >= 0.3 is 0 Å². The molecule has 1 aliphatic rings. The number of hydrogen-bond donors (Lipinski definition) is 0. The molecule has 0 N–H and O–H groups in total. The third kappa shape index (κ3) is 2.84. The zero-order chi connectivity index (χ0) is 10.4. The summed E-state index contributed by atoms with van der Waals surface area (Å²) in [6, 6.07) is 0. The summed E-state index contributed by atoms with van der Waals surface area (Å²) in [5, 5.41) is 0. The molecule has 0 bridgehead atoms. The summed E-state index contributed by atoms with van der Waals surface area (Å²) in [6.45, 7) is 5.15. The fourth-order valence-electron chi connectivity index (χ4n) is 1.50. The highest BCUT2D eigenvalue weighted by Crippen LogP contribution is 2.16. The number of hydrogen-bond acceptors (Lipinski definition) is 3. The number of rotatable bonds is 6. The fraction of sp³-hybridized carbons (Fsp3) is 0.727. The minimum Gasteiger partial charge on any atom is -0.490 e. The normalized spacial score (nSPS) is 17.4. The highest BCUT2D eigenvalue weighted by Gasteiger charge is 2.24. The molecule has 0 radical (unpaired) electrons. The van der Waals surface area contributed by atoms with Crippen LogP contribution in [-0.4, -0.2) is 25.1 Å². The van der Waals surface area contributed by atoms with Crippen LogP contribution in [-0.2, 0) is 14.3 Å². The van der Waals surface area contributed by atoms with Crippen LogP contribution in [0, 0.1) is 0 Å². The zero-order valence-electron chi connectivity index (χ0n) is 8.91. The molecule has 0 saturated carbocycles. The van der Waals surface area contributed by atoms with E-state index in [9.17, 15) is 4.79 Å². The summed E-state index contributed by atoms with van der Waals surface area (Å²) in [4.78, 5) is 11.8. The van der Waals surface area contributed by atoms with Gasteiger partial charge in [0.2, 0.25) is 5.78 Å². The van der Waals surface area contributed by atoms with Gasteiger partial charge in [0.05, 0.1) is 6.61 Å². The molecule has 0 amide bonds. The van der Waals surface area contributed by atoms with Crippen molar-refractivity contribution in [1.29, 1.82) is 0 Å². The highest BCUT2D eigenvalue weighted by molar-refractivity contribution is 5.97. The lowest BCUT2D eigenvalue weighted by molar-refractivity contribution is -0.130. The first kappa shape index (κ1) is 11.2. The van der Waals surface area contributed by atoms with E-state index in [2.05, 4.69) is 0 Å². The molecule has 1 aliphatic heterocycles. The predicted molar refractivity (Wildman–Crippen MR) is 54.0 cm³/mol. The third-order valence-electron chi connectivity index (χ3n) is 2.16. The summed E-state index contributed by atoms with van der Waals surface area (Å²) in [6.07, 6.45) is 4.10. The van der Waals surface area contributed by atoms with Gasteiger partial charge in [0, 0.05) is 13.0 Å². The Labute approximate surface area is 85.1 Å². The quantitative estimate of drug-likeness (QED) is 0.655. The first-order valence-electron chi connectivity index (χ1n) is 5.28. The van der Waals surface area contributed by atoms with Gasteiger partial charge < -0.3 is 9.47 Å². The maximum atomic E-state index is 11.8. The van der Waals surface area contributed by atoms with Crippen molar-refractivity contribution in [2.45, 2.75) is 39.2 Å². The molecule has 1 heterocycles. The molecule has 0 aromatic carbocycles. The van der Waals surface area contributed by atoms with Crippen LogP contribution in [0.5, 0.6) is 0 Å². The number of ether oxygens (including phenoxy) is 2. The van der Waals surface area contributed by atoms with E-state index in [1.165, 1.54) is 0 Å². The van der Waals surface area contributed by atoms with Gasteiger partial charge in [-0.25, -0.2) is 0 Å². The van der Waals surface area contributed by atoms with Gasteiger partial charge in [-0.15, -0.1) is 0 Å². The van der Waals surface area contributed by atoms with Crippen LogP contribution in [0.15, 0.2) is 11.8 Å². The Bertz CT molecular complexity index is 215. The molecule has 0 aromatic heterocycles. The van der Waals surface area contributed by atoms with E-state index >= 15 is 0 Å². The monoisotopic (exact) mass is 198 g/mol. The van der Waals surface area contributed by atoms with Crippen molar-refractivity contribution in [2.24, 2.45) is 0 Å². The molecule has 1 atom stereocenters. The first-order valence-corrected chi connectivity index (χ1v) is 5.28. The topological polar surface area (TPSA) is 35.5 Å². The SMILES string of the molecule is CCCC(OCC)C(=O)C1=CCCO1. The largest absolute Gasteiger partial charge is 0.490 e. The van der Waals surface area contributed by atoms with Crippen LogP contribution >= 0.6 is 0 Å². The van der Waals surface area contributed by atoms with Crippen LogP contribution in [0.1, 0.15) is 33.1 Å². The second-order valence-electron chi connectivity index (χ2n) is 3.30. The van der Waals surface area contributed by atoms with Crippen LogP contribution < -0.4 is 0 Å². The van der Waals surface area contributed by atoms with Gasteiger partial charge in [-0.1, -0.05) is 13.3 Å². The van der Waals surface area contributed by atoms with E-state index in [1.807, 2.05) is 19.9 Å². The van der Waals surface area contributed by atoms with Crippen molar-refractivity contribution >= 4 is 5.78 Å². The Balaban J connectivity index is 2.53. The average molecular weight is 198 g/mol. The molecule has 80 valence electrons. The molecular formula is C11H18O3. The molecule has 1 unspecified atom stereocenters. The van der Waals surface area contributed by atoms with Crippen molar-refractivity contribution in [3.63, 3.8) is 0 Å². The third-order valence-corrected chi connectivity index (χ3v) is 2.16. The van der Waals surface area contributed by atoms with E-state index in [1.54, 1.807) is 0 Å². The van der Waals surface area contributed by atoms with Gasteiger partial charge in [-0.05, 0) is 19.4 Å². The molecular weight excluding hydrogens is 180 g/mol. The van der Waals surface area contributed by atoms with E-state index in [0.717, 1.165) is 19.3 Å². The Morgan fingerprint density at radius 2 is 2.43 bits per heavy atom. The number of carbonyl (C=O) groups excluding carboxylic acids is 1. The maximum absolute atomic E-state index is 11.8. The first-order chi connectivity index (χ1) is 6.79. The molecule has 14 heavy (non-hydrogen) atoms. The summed E-state index contributed by atoms with van der Waals surface area (Å²) in [5.41, 5.74) is 0. The minimum absolute atomic E-state index is 0.00574. The minimum atomic E-state index is -0.311. The Morgan fingerprint density at radius 1 is 1.64 bits per heavy atom.